The van der Waals surface area contributed by atoms with Crippen molar-refractivity contribution >= 4 is 15.9 Å². The van der Waals surface area contributed by atoms with Gasteiger partial charge in [-0.1, -0.05) is 65.7 Å². The number of unbranched alkanes of at least 4 members (excludes halogenated alkanes) is 1. The third kappa shape index (κ3) is 4.18. The molecule has 0 spiro atoms. The maximum atomic E-state index is 5.96. The average molecular weight is 393 g/mol. The van der Waals surface area contributed by atoms with Gasteiger partial charge < -0.3 is 14.2 Å². The first-order valence-corrected chi connectivity index (χ1v) is 9.32. The molecular weight excluding hydrogens is 368 g/mol. The van der Waals surface area contributed by atoms with E-state index in [0.29, 0.717) is 5.33 Å². The van der Waals surface area contributed by atoms with Gasteiger partial charge in [0, 0.05) is 25.3 Å². The average Bonchev–Trinajstić information content (AvgIpc) is 2.65. The van der Waals surface area contributed by atoms with Gasteiger partial charge in [-0.15, -0.1) is 0 Å². The Morgan fingerprint density at radius 2 is 1.75 bits per heavy atom. The topological polar surface area (TPSA) is 27.7 Å². The van der Waals surface area contributed by atoms with Crippen LogP contribution in [0.2, 0.25) is 0 Å². The van der Waals surface area contributed by atoms with E-state index < -0.39 is 5.79 Å². The largest absolute Gasteiger partial charge is 0.493 e. The first-order valence-electron chi connectivity index (χ1n) is 8.19. The molecule has 0 aromatic heterocycles. The number of hydrogen-bond acceptors (Lipinski definition) is 3. The Morgan fingerprint density at radius 1 is 1.00 bits per heavy atom. The summed E-state index contributed by atoms with van der Waals surface area (Å²) in [7, 11) is 3.30. The first-order chi connectivity index (χ1) is 11.7. The molecule has 0 aliphatic heterocycles. The molecule has 0 atom stereocenters. The van der Waals surface area contributed by atoms with Crippen molar-refractivity contribution in [1.82, 2.24) is 0 Å². The zero-order valence-electron chi connectivity index (χ0n) is 14.5. The van der Waals surface area contributed by atoms with Gasteiger partial charge in [-0.3, -0.25) is 0 Å². The highest BCUT2D eigenvalue weighted by Crippen LogP contribution is 2.34. The first kappa shape index (κ1) is 19.0. The normalized spacial score (nSPS) is 11.5. The molecule has 130 valence electrons. The monoisotopic (exact) mass is 392 g/mol. The Labute approximate surface area is 153 Å². The SMILES string of the molecule is CCCCOc1ccccc1-c1cccc(C(CBr)(OC)OC)c1. The minimum atomic E-state index is -0.798. The minimum Gasteiger partial charge on any atom is -0.493 e. The summed E-state index contributed by atoms with van der Waals surface area (Å²) in [6.45, 7) is 2.89. The van der Waals surface area contributed by atoms with Gasteiger partial charge in [-0.2, -0.15) is 0 Å². The second-order valence-electron chi connectivity index (χ2n) is 5.57. The van der Waals surface area contributed by atoms with Crippen LogP contribution in [0.15, 0.2) is 48.5 Å². The zero-order valence-corrected chi connectivity index (χ0v) is 16.1. The highest BCUT2D eigenvalue weighted by molar-refractivity contribution is 9.09. The van der Waals surface area contributed by atoms with Crippen molar-refractivity contribution in [3.8, 4) is 16.9 Å². The van der Waals surface area contributed by atoms with Gasteiger partial charge in [-0.05, 0) is 24.1 Å². The summed E-state index contributed by atoms with van der Waals surface area (Å²) in [5, 5.41) is 0.547. The molecule has 0 bridgehead atoms. The Hall–Kier alpha value is -1.36. The fourth-order valence-corrected chi connectivity index (χ4v) is 3.37. The summed E-state index contributed by atoms with van der Waals surface area (Å²) in [6, 6.07) is 16.3. The van der Waals surface area contributed by atoms with Crippen LogP contribution >= 0.6 is 15.9 Å². The zero-order chi connectivity index (χ0) is 17.4. The second-order valence-corrected chi connectivity index (χ2v) is 6.13. The molecule has 0 aliphatic carbocycles. The van der Waals surface area contributed by atoms with Gasteiger partial charge in [0.05, 0.1) is 11.9 Å². The highest BCUT2D eigenvalue weighted by Gasteiger charge is 2.31. The number of para-hydroxylation sites is 1. The van der Waals surface area contributed by atoms with Crippen molar-refractivity contribution in [3.63, 3.8) is 0 Å². The van der Waals surface area contributed by atoms with Gasteiger partial charge in [0.15, 0.2) is 0 Å². The van der Waals surface area contributed by atoms with Crippen molar-refractivity contribution in [2.24, 2.45) is 0 Å². The number of halogens is 1. The maximum absolute atomic E-state index is 5.96. The van der Waals surface area contributed by atoms with Crippen molar-refractivity contribution in [3.05, 3.63) is 54.1 Å². The van der Waals surface area contributed by atoms with E-state index in [9.17, 15) is 0 Å². The summed E-state index contributed by atoms with van der Waals surface area (Å²) < 4.78 is 17.2. The van der Waals surface area contributed by atoms with E-state index in [1.807, 2.05) is 30.3 Å². The molecule has 0 amide bonds. The van der Waals surface area contributed by atoms with Crippen LogP contribution in [0.25, 0.3) is 11.1 Å². The van der Waals surface area contributed by atoms with Crippen LogP contribution in [0.1, 0.15) is 25.3 Å². The van der Waals surface area contributed by atoms with Crippen LogP contribution in [0, 0.1) is 0 Å². The molecule has 2 aromatic rings. The predicted molar refractivity (Wildman–Crippen MR) is 102 cm³/mol. The fraction of sp³-hybridized carbons (Fsp3) is 0.400. The van der Waals surface area contributed by atoms with Gasteiger partial charge in [-0.25, -0.2) is 0 Å². The number of hydrogen-bond donors (Lipinski definition) is 0. The number of alkyl halides is 1. The van der Waals surface area contributed by atoms with Crippen LogP contribution in [-0.4, -0.2) is 26.2 Å². The molecule has 0 heterocycles. The quantitative estimate of drug-likeness (QED) is 0.326. The van der Waals surface area contributed by atoms with Crippen molar-refractivity contribution < 1.29 is 14.2 Å². The lowest BCUT2D eigenvalue weighted by molar-refractivity contribution is -0.196. The molecule has 4 heteroatoms. The van der Waals surface area contributed by atoms with Gasteiger partial charge in [0.2, 0.25) is 5.79 Å². The molecule has 0 fully saturated rings. The van der Waals surface area contributed by atoms with E-state index >= 15 is 0 Å². The Morgan fingerprint density at radius 3 is 2.42 bits per heavy atom. The lowest BCUT2D eigenvalue weighted by atomic mass is 9.99. The van der Waals surface area contributed by atoms with Gasteiger partial charge in [0.1, 0.15) is 5.75 Å². The van der Waals surface area contributed by atoms with E-state index in [0.717, 1.165) is 41.9 Å². The fourth-order valence-electron chi connectivity index (χ4n) is 2.59. The van der Waals surface area contributed by atoms with Crippen LogP contribution in [0.4, 0.5) is 0 Å². The molecule has 3 nitrogen and oxygen atoms in total. The molecule has 0 saturated heterocycles. The van der Waals surface area contributed by atoms with E-state index in [1.165, 1.54) is 0 Å². The van der Waals surface area contributed by atoms with Crippen LogP contribution in [-0.2, 0) is 15.3 Å². The summed E-state index contributed by atoms with van der Waals surface area (Å²) in [5.41, 5.74) is 3.12. The van der Waals surface area contributed by atoms with E-state index in [4.69, 9.17) is 14.2 Å². The highest BCUT2D eigenvalue weighted by atomic mass is 79.9. The summed E-state index contributed by atoms with van der Waals surface area (Å²) in [6.07, 6.45) is 2.17. The second kappa shape index (κ2) is 9.21. The predicted octanol–water partition coefficient (Wildman–Crippen LogP) is 5.37. The Balaban J connectivity index is 2.39. The molecule has 0 N–H and O–H groups in total. The molecule has 0 aliphatic rings. The lowest BCUT2D eigenvalue weighted by Crippen LogP contribution is -2.32. The summed E-state index contributed by atoms with van der Waals surface area (Å²) in [5.74, 6) is 0.107. The third-order valence-corrected chi connectivity index (χ3v) is 4.83. The Kier molecular flexibility index (Phi) is 7.28. The molecular formula is C20H25BrO3. The molecule has 0 radical (unpaired) electrons. The van der Waals surface area contributed by atoms with Crippen molar-refractivity contribution in [1.29, 1.82) is 0 Å². The number of rotatable bonds is 9. The number of ether oxygens (including phenoxy) is 3. The van der Waals surface area contributed by atoms with Crippen LogP contribution in [0.5, 0.6) is 5.75 Å². The molecule has 24 heavy (non-hydrogen) atoms. The molecule has 0 unspecified atom stereocenters. The third-order valence-electron chi connectivity index (χ3n) is 4.09. The van der Waals surface area contributed by atoms with E-state index in [-0.39, 0.29) is 0 Å². The molecule has 2 aromatic carbocycles. The van der Waals surface area contributed by atoms with Gasteiger partial charge in [0.25, 0.3) is 0 Å². The lowest BCUT2D eigenvalue weighted by Gasteiger charge is -2.29. The Bertz CT molecular complexity index is 630. The maximum Gasteiger partial charge on any atom is 0.204 e. The molecule has 0 saturated carbocycles. The van der Waals surface area contributed by atoms with Crippen LogP contribution in [0.3, 0.4) is 0 Å². The smallest absolute Gasteiger partial charge is 0.204 e. The summed E-state index contributed by atoms with van der Waals surface area (Å²) >= 11 is 3.49. The number of benzene rings is 2. The van der Waals surface area contributed by atoms with E-state index in [1.54, 1.807) is 14.2 Å². The van der Waals surface area contributed by atoms with Crippen molar-refractivity contribution in [2.75, 3.05) is 26.2 Å². The van der Waals surface area contributed by atoms with E-state index in [2.05, 4.69) is 41.1 Å². The number of methoxy groups -OCH3 is 2. The minimum absolute atomic E-state index is 0.547. The van der Waals surface area contributed by atoms with Crippen LogP contribution < -0.4 is 4.74 Å². The summed E-state index contributed by atoms with van der Waals surface area (Å²) in [4.78, 5) is 0. The molecule has 2 rings (SSSR count). The standard InChI is InChI=1S/C20H25BrO3/c1-4-5-13-24-19-12-7-6-11-18(19)16-9-8-10-17(14-16)20(15-21,22-2)23-3/h6-12,14H,4-5,13,15H2,1-3H3. The van der Waals surface area contributed by atoms with Gasteiger partial charge >= 0.3 is 0 Å². The van der Waals surface area contributed by atoms with Crippen molar-refractivity contribution in [2.45, 2.75) is 25.6 Å².